The van der Waals surface area contributed by atoms with E-state index in [1.54, 1.807) is 30.1 Å². The van der Waals surface area contributed by atoms with Crippen molar-refractivity contribution in [2.45, 2.75) is 6.54 Å². The Kier molecular flexibility index (Phi) is 5.84. The number of para-hydroxylation sites is 1. The number of pyridine rings is 2. The highest BCUT2D eigenvalue weighted by molar-refractivity contribution is 5.97. The number of ether oxygens (including phenoxy) is 1. The van der Waals surface area contributed by atoms with Gasteiger partial charge in [-0.05, 0) is 54.1 Å². The first-order chi connectivity index (χ1) is 18.5. The number of nitrogens with zero attached hydrogens (tertiary/aromatic N) is 2. The van der Waals surface area contributed by atoms with E-state index in [0.29, 0.717) is 23.4 Å². The van der Waals surface area contributed by atoms with E-state index < -0.39 is 11.6 Å². The van der Waals surface area contributed by atoms with E-state index in [4.69, 9.17) is 4.74 Å². The number of aromatic nitrogens is 3. The van der Waals surface area contributed by atoms with Crippen molar-refractivity contribution in [3.63, 3.8) is 0 Å². The smallest absolute Gasteiger partial charge is 0.272 e. The Morgan fingerprint density at radius 2 is 1.79 bits per heavy atom. The van der Waals surface area contributed by atoms with Gasteiger partial charge in [-0.3, -0.25) is 9.78 Å². The molecule has 3 aromatic carbocycles. The number of benzene rings is 3. The predicted molar refractivity (Wildman–Crippen MR) is 144 cm³/mol. The Hall–Kier alpha value is -4.98. The quantitative estimate of drug-likeness (QED) is 0.261. The summed E-state index contributed by atoms with van der Waals surface area (Å²) >= 11 is 0. The molecular formula is C30H22F2N4O2. The summed E-state index contributed by atoms with van der Waals surface area (Å²) in [4.78, 5) is 19.6. The van der Waals surface area contributed by atoms with Crippen LogP contribution < -0.4 is 15.6 Å². The van der Waals surface area contributed by atoms with Crippen molar-refractivity contribution in [3.05, 3.63) is 119 Å². The predicted octanol–water partition coefficient (Wildman–Crippen LogP) is 6.76. The van der Waals surface area contributed by atoms with E-state index in [9.17, 15) is 13.6 Å². The Balaban J connectivity index is 1.43. The van der Waals surface area contributed by atoms with Crippen LogP contribution in [0, 0.1) is 11.6 Å². The summed E-state index contributed by atoms with van der Waals surface area (Å²) < 4.78 is 35.6. The molecule has 0 saturated heterocycles. The lowest BCUT2D eigenvalue weighted by molar-refractivity contribution is 0.439. The molecule has 0 bridgehead atoms. The van der Waals surface area contributed by atoms with Crippen molar-refractivity contribution < 1.29 is 13.5 Å². The Bertz CT molecular complexity index is 1870. The van der Waals surface area contributed by atoms with Crippen molar-refractivity contribution >= 4 is 27.5 Å². The highest BCUT2D eigenvalue weighted by Gasteiger charge is 2.18. The van der Waals surface area contributed by atoms with Gasteiger partial charge in [-0.1, -0.05) is 18.2 Å². The molecule has 0 aliphatic rings. The highest BCUT2D eigenvalue weighted by atomic mass is 19.1. The van der Waals surface area contributed by atoms with Crippen molar-refractivity contribution in [2.75, 3.05) is 5.32 Å². The van der Waals surface area contributed by atoms with Crippen LogP contribution in [0.15, 0.2) is 96.2 Å². The molecule has 0 aliphatic carbocycles. The van der Waals surface area contributed by atoms with Gasteiger partial charge in [-0.15, -0.1) is 0 Å². The zero-order valence-corrected chi connectivity index (χ0v) is 20.3. The maximum absolute atomic E-state index is 14.5. The van der Waals surface area contributed by atoms with E-state index in [1.165, 1.54) is 6.07 Å². The van der Waals surface area contributed by atoms with Crippen LogP contribution in [-0.4, -0.2) is 14.5 Å². The molecule has 0 aliphatic heterocycles. The van der Waals surface area contributed by atoms with Crippen molar-refractivity contribution in [1.29, 1.82) is 0 Å². The van der Waals surface area contributed by atoms with E-state index in [0.717, 1.165) is 45.2 Å². The second kappa shape index (κ2) is 9.48. The normalized spacial score (nSPS) is 11.2. The Labute approximate surface area is 216 Å². The average Bonchev–Trinajstić information content (AvgIpc) is 3.26. The first-order valence-electron chi connectivity index (χ1n) is 12.0. The van der Waals surface area contributed by atoms with Gasteiger partial charge in [0.05, 0.1) is 5.52 Å². The zero-order valence-electron chi connectivity index (χ0n) is 20.3. The second-order valence-electron chi connectivity index (χ2n) is 8.95. The van der Waals surface area contributed by atoms with Gasteiger partial charge < -0.3 is 19.6 Å². The molecule has 0 radical (unpaired) electrons. The molecule has 3 aromatic heterocycles. The van der Waals surface area contributed by atoms with E-state index in [2.05, 4.69) is 15.3 Å². The van der Waals surface area contributed by atoms with Gasteiger partial charge in [0.25, 0.3) is 5.56 Å². The SMILES string of the molecule is Cn1cc(-c2cc(NCc3ccnc4ccccc34)ccc2Oc2ccc(F)cc2F)c2cc[nH]c(=O)c21. The maximum atomic E-state index is 14.5. The molecule has 0 fully saturated rings. The molecule has 0 atom stereocenters. The lowest BCUT2D eigenvalue weighted by Crippen LogP contribution is -2.07. The Morgan fingerprint density at radius 3 is 2.66 bits per heavy atom. The molecule has 6 aromatic rings. The van der Waals surface area contributed by atoms with Gasteiger partial charge in [0.2, 0.25) is 0 Å². The van der Waals surface area contributed by atoms with Crippen molar-refractivity contribution in [1.82, 2.24) is 14.5 Å². The number of rotatable bonds is 6. The molecular weight excluding hydrogens is 486 g/mol. The fourth-order valence-electron chi connectivity index (χ4n) is 4.70. The molecule has 38 heavy (non-hydrogen) atoms. The van der Waals surface area contributed by atoms with Crippen LogP contribution in [0.4, 0.5) is 14.5 Å². The van der Waals surface area contributed by atoms with Gasteiger partial charge in [-0.25, -0.2) is 8.78 Å². The molecule has 188 valence electrons. The summed E-state index contributed by atoms with van der Waals surface area (Å²) in [5.74, 6) is -1.23. The van der Waals surface area contributed by atoms with E-state index >= 15 is 0 Å². The minimum Gasteiger partial charge on any atom is -0.454 e. The van der Waals surface area contributed by atoms with Crippen LogP contribution in [0.1, 0.15) is 5.56 Å². The molecule has 0 unspecified atom stereocenters. The first kappa shape index (κ1) is 23.4. The van der Waals surface area contributed by atoms with Crippen molar-refractivity contribution in [3.8, 4) is 22.6 Å². The number of fused-ring (bicyclic) bond motifs is 2. The average molecular weight is 509 g/mol. The zero-order chi connectivity index (χ0) is 26.2. The number of hydrogen-bond donors (Lipinski definition) is 2. The fourth-order valence-corrected chi connectivity index (χ4v) is 4.70. The van der Waals surface area contributed by atoms with Gasteiger partial charge in [0, 0.05) is 65.8 Å². The second-order valence-corrected chi connectivity index (χ2v) is 8.95. The lowest BCUT2D eigenvalue weighted by atomic mass is 10.0. The summed E-state index contributed by atoms with van der Waals surface area (Å²) in [7, 11) is 1.79. The van der Waals surface area contributed by atoms with Gasteiger partial charge in [0.15, 0.2) is 11.6 Å². The third-order valence-electron chi connectivity index (χ3n) is 6.51. The Morgan fingerprint density at radius 1 is 0.947 bits per heavy atom. The molecule has 6 nitrogen and oxygen atoms in total. The molecule has 2 N–H and O–H groups in total. The highest BCUT2D eigenvalue weighted by Crippen LogP contribution is 2.40. The number of anilines is 1. The summed E-state index contributed by atoms with van der Waals surface area (Å²) in [5.41, 5.74) is 4.47. The maximum Gasteiger partial charge on any atom is 0.272 e. The van der Waals surface area contributed by atoms with E-state index in [-0.39, 0.29) is 11.3 Å². The standard InChI is InChI=1S/C30H22F2N4O2/c1-36-17-24(22-11-13-34-30(37)29(22)36)23-15-20(7-9-27(23)38-28-8-6-19(31)14-25(28)32)35-16-18-10-12-33-26-5-3-2-4-21(18)26/h2-15,17,35H,16H2,1H3,(H,34,37). The third-order valence-corrected chi connectivity index (χ3v) is 6.51. The van der Waals surface area contributed by atoms with Crippen LogP contribution in [-0.2, 0) is 13.6 Å². The summed E-state index contributed by atoms with van der Waals surface area (Å²) in [6.07, 6.45) is 5.21. The van der Waals surface area contributed by atoms with Crippen LogP contribution in [0.2, 0.25) is 0 Å². The number of aryl methyl sites for hydroxylation is 1. The molecule has 0 saturated carbocycles. The number of hydrogen-bond acceptors (Lipinski definition) is 4. The minimum atomic E-state index is -0.808. The molecule has 0 amide bonds. The van der Waals surface area contributed by atoms with Gasteiger partial charge in [0.1, 0.15) is 17.1 Å². The monoisotopic (exact) mass is 508 g/mol. The first-order valence-corrected chi connectivity index (χ1v) is 12.0. The molecule has 8 heteroatoms. The number of aromatic amines is 1. The van der Waals surface area contributed by atoms with Gasteiger partial charge in [-0.2, -0.15) is 0 Å². The molecule has 0 spiro atoms. The third kappa shape index (κ3) is 4.26. The number of nitrogens with one attached hydrogen (secondary N) is 2. The van der Waals surface area contributed by atoms with E-state index in [1.807, 2.05) is 54.7 Å². The topological polar surface area (TPSA) is 71.9 Å². The van der Waals surface area contributed by atoms with Crippen LogP contribution in [0.25, 0.3) is 32.9 Å². The fraction of sp³-hybridized carbons (Fsp3) is 0.0667. The van der Waals surface area contributed by atoms with Crippen LogP contribution >= 0.6 is 0 Å². The summed E-state index contributed by atoms with van der Waals surface area (Å²) in [6, 6.07) is 20.4. The van der Waals surface area contributed by atoms with Crippen LogP contribution in [0.5, 0.6) is 11.5 Å². The van der Waals surface area contributed by atoms with Crippen molar-refractivity contribution in [2.24, 2.45) is 7.05 Å². The van der Waals surface area contributed by atoms with Gasteiger partial charge >= 0.3 is 0 Å². The largest absolute Gasteiger partial charge is 0.454 e. The minimum absolute atomic E-state index is 0.102. The number of H-pyrrole nitrogens is 1. The molecule has 3 heterocycles. The summed E-state index contributed by atoms with van der Waals surface area (Å²) in [5, 5.41) is 5.24. The molecule has 6 rings (SSSR count). The summed E-state index contributed by atoms with van der Waals surface area (Å²) in [6.45, 7) is 0.546. The number of halogens is 2. The lowest BCUT2D eigenvalue weighted by Gasteiger charge is -2.15. The van der Waals surface area contributed by atoms with Crippen LogP contribution in [0.3, 0.4) is 0 Å².